The molecule has 0 radical (unpaired) electrons. The first-order valence-corrected chi connectivity index (χ1v) is 25.6. The van der Waals surface area contributed by atoms with Gasteiger partial charge in [0, 0.05) is 33.5 Å². The van der Waals surface area contributed by atoms with Crippen molar-refractivity contribution >= 4 is 49.6 Å². The molecular formula is C72H52N2. The maximum Gasteiger partial charge on any atom is 0.0541 e. The molecule has 0 N–H and O–H groups in total. The van der Waals surface area contributed by atoms with Gasteiger partial charge in [0.15, 0.2) is 0 Å². The van der Waals surface area contributed by atoms with Crippen LogP contribution in [0.4, 0.5) is 17.1 Å². The van der Waals surface area contributed by atoms with Crippen LogP contribution >= 0.6 is 0 Å². The Bertz CT molecular complexity index is 4080. The largest absolute Gasteiger partial charge is 0.310 e. The summed E-state index contributed by atoms with van der Waals surface area (Å²) in [6.45, 7) is 0. The van der Waals surface area contributed by atoms with Crippen LogP contribution in [0.5, 0.6) is 0 Å². The number of hydrogen-bond acceptors (Lipinski definition) is 1. The minimum absolute atomic E-state index is 0.804. The van der Waals surface area contributed by atoms with Crippen molar-refractivity contribution in [2.24, 2.45) is 0 Å². The fourth-order valence-corrected chi connectivity index (χ4v) is 11.0. The Morgan fingerprint density at radius 3 is 1.41 bits per heavy atom. The molecule has 0 saturated heterocycles. The van der Waals surface area contributed by atoms with Gasteiger partial charge in [-0.25, -0.2) is 0 Å². The Balaban J connectivity index is 0.866. The zero-order valence-corrected chi connectivity index (χ0v) is 41.0. The summed E-state index contributed by atoms with van der Waals surface area (Å²) in [6.07, 6.45) is 1.67. The van der Waals surface area contributed by atoms with Crippen LogP contribution in [-0.4, -0.2) is 4.57 Å². The molecule has 0 aliphatic carbocycles. The molecule has 0 bridgehead atoms. The minimum Gasteiger partial charge on any atom is -0.310 e. The number of benzene rings is 12. The number of fused-ring (bicyclic) bond motifs is 4. The summed E-state index contributed by atoms with van der Waals surface area (Å²) >= 11 is 0. The summed E-state index contributed by atoms with van der Waals surface area (Å²) in [5.74, 6) is 0. The van der Waals surface area contributed by atoms with Crippen molar-refractivity contribution in [2.45, 2.75) is 12.8 Å². The summed E-state index contributed by atoms with van der Waals surface area (Å²) in [4.78, 5) is 2.41. The van der Waals surface area contributed by atoms with Gasteiger partial charge in [-0.15, -0.1) is 0 Å². The Hall–Kier alpha value is -9.50. The third-order valence-corrected chi connectivity index (χ3v) is 14.7. The van der Waals surface area contributed by atoms with Gasteiger partial charge in [-0.2, -0.15) is 0 Å². The molecule has 2 heteroatoms. The maximum atomic E-state index is 2.42. The van der Waals surface area contributed by atoms with Crippen LogP contribution in [-0.2, 0) is 12.8 Å². The van der Waals surface area contributed by atoms with Gasteiger partial charge in [0.1, 0.15) is 0 Å². The third-order valence-electron chi connectivity index (χ3n) is 14.7. The summed E-state index contributed by atoms with van der Waals surface area (Å²) in [7, 11) is 0. The van der Waals surface area contributed by atoms with E-state index in [-0.39, 0.29) is 0 Å². The second kappa shape index (κ2) is 19.6. The van der Waals surface area contributed by atoms with Gasteiger partial charge >= 0.3 is 0 Å². The quantitative estimate of drug-likeness (QED) is 0.118. The standard InChI is InChI=1S/C72H52N2/c1-4-16-51(17-5-1)46-61-22-12-13-25-67(61)68-44-43-66(49-62(68)47-52-18-6-2-7-19-52)73(65-41-36-57(37-42-65)59-33-32-53-20-10-11-21-58(53)48-59)64-39-34-55(35-40-64)54-28-30-56(31-29-54)60-38-45-72-70(50-60)69-26-14-15-27-71(69)74(72)63-23-8-3-9-24-63/h1-45,48-50H,46-47H2. The zero-order valence-electron chi connectivity index (χ0n) is 41.0. The number of rotatable bonds is 12. The molecule has 2 nitrogen and oxygen atoms in total. The summed E-state index contributed by atoms with van der Waals surface area (Å²) in [5, 5.41) is 5.00. The predicted molar refractivity (Wildman–Crippen MR) is 313 cm³/mol. The van der Waals surface area contributed by atoms with E-state index in [2.05, 4.69) is 301 Å². The highest BCUT2D eigenvalue weighted by atomic mass is 15.1. The number of aromatic nitrogens is 1. The van der Waals surface area contributed by atoms with Crippen molar-refractivity contribution in [1.29, 1.82) is 0 Å². The Morgan fingerprint density at radius 1 is 0.270 bits per heavy atom. The van der Waals surface area contributed by atoms with E-state index in [4.69, 9.17) is 0 Å². The summed E-state index contributed by atoms with van der Waals surface area (Å²) in [6, 6.07) is 106. The lowest BCUT2D eigenvalue weighted by molar-refractivity contribution is 1.16. The Labute approximate surface area is 433 Å². The fraction of sp³-hybridized carbons (Fsp3) is 0.0278. The predicted octanol–water partition coefficient (Wildman–Crippen LogP) is 19.3. The molecule has 13 rings (SSSR count). The first kappa shape index (κ1) is 44.4. The molecule has 0 atom stereocenters. The highest BCUT2D eigenvalue weighted by Crippen LogP contribution is 2.41. The van der Waals surface area contributed by atoms with Gasteiger partial charge in [0.05, 0.1) is 11.0 Å². The smallest absolute Gasteiger partial charge is 0.0541 e. The van der Waals surface area contributed by atoms with Crippen molar-refractivity contribution in [2.75, 3.05) is 4.90 Å². The van der Waals surface area contributed by atoms with E-state index in [1.165, 1.54) is 105 Å². The molecule has 1 aromatic heterocycles. The average molecular weight is 945 g/mol. The second-order valence-corrected chi connectivity index (χ2v) is 19.3. The van der Waals surface area contributed by atoms with E-state index in [0.717, 1.165) is 29.9 Å². The van der Waals surface area contributed by atoms with E-state index >= 15 is 0 Å². The second-order valence-electron chi connectivity index (χ2n) is 19.3. The first-order chi connectivity index (χ1) is 36.7. The van der Waals surface area contributed by atoms with E-state index in [1.807, 2.05) is 0 Å². The molecule has 0 aliphatic heterocycles. The maximum absolute atomic E-state index is 2.42. The SMILES string of the molecule is c1ccc(Cc2ccccc2-c2ccc(N(c3ccc(-c4ccc(-c5ccc6c(c5)c5ccccc5n6-c5ccccc5)cc4)cc3)c3ccc(-c4ccc5ccccc5c4)cc3)cc2Cc2ccccc2)cc1. The molecule has 74 heavy (non-hydrogen) atoms. The lowest BCUT2D eigenvalue weighted by Crippen LogP contribution is -2.11. The van der Waals surface area contributed by atoms with Crippen molar-refractivity contribution in [1.82, 2.24) is 4.57 Å². The number of anilines is 3. The summed E-state index contributed by atoms with van der Waals surface area (Å²) < 4.78 is 2.37. The van der Waals surface area contributed by atoms with E-state index < -0.39 is 0 Å². The lowest BCUT2D eigenvalue weighted by atomic mass is 9.89. The van der Waals surface area contributed by atoms with Crippen molar-refractivity contribution in [3.8, 4) is 50.2 Å². The van der Waals surface area contributed by atoms with Crippen LogP contribution in [0.3, 0.4) is 0 Å². The molecule has 0 unspecified atom stereocenters. The Kier molecular flexibility index (Phi) is 11.8. The normalized spacial score (nSPS) is 11.4. The van der Waals surface area contributed by atoms with Crippen molar-refractivity contribution in [3.05, 3.63) is 313 Å². The van der Waals surface area contributed by atoms with Crippen molar-refractivity contribution < 1.29 is 0 Å². The topological polar surface area (TPSA) is 8.17 Å². The molecule has 0 saturated carbocycles. The molecular weight excluding hydrogens is 893 g/mol. The van der Waals surface area contributed by atoms with E-state index in [9.17, 15) is 0 Å². The van der Waals surface area contributed by atoms with Gasteiger partial charge in [-0.3, -0.25) is 0 Å². The third kappa shape index (κ3) is 8.74. The highest BCUT2D eigenvalue weighted by molar-refractivity contribution is 6.10. The number of hydrogen-bond donors (Lipinski definition) is 0. The first-order valence-electron chi connectivity index (χ1n) is 25.6. The monoisotopic (exact) mass is 944 g/mol. The van der Waals surface area contributed by atoms with E-state index in [0.29, 0.717) is 0 Å². The van der Waals surface area contributed by atoms with Crippen LogP contribution in [0.1, 0.15) is 22.3 Å². The average Bonchev–Trinajstić information content (AvgIpc) is 3.80. The van der Waals surface area contributed by atoms with Gasteiger partial charge in [0.2, 0.25) is 0 Å². The van der Waals surface area contributed by atoms with Gasteiger partial charge in [0.25, 0.3) is 0 Å². The molecule has 0 aliphatic rings. The van der Waals surface area contributed by atoms with E-state index in [1.54, 1.807) is 0 Å². The van der Waals surface area contributed by atoms with Gasteiger partial charge < -0.3 is 9.47 Å². The number of nitrogens with zero attached hydrogens (tertiary/aromatic N) is 2. The van der Waals surface area contributed by atoms with Gasteiger partial charge in [-0.05, 0) is 163 Å². The van der Waals surface area contributed by atoms with Crippen molar-refractivity contribution in [3.63, 3.8) is 0 Å². The highest BCUT2D eigenvalue weighted by Gasteiger charge is 2.19. The molecule has 12 aromatic carbocycles. The van der Waals surface area contributed by atoms with Crippen LogP contribution in [0.2, 0.25) is 0 Å². The summed E-state index contributed by atoms with van der Waals surface area (Å²) in [5.41, 5.74) is 21.7. The number of para-hydroxylation sites is 2. The van der Waals surface area contributed by atoms with Gasteiger partial charge in [-0.1, -0.05) is 218 Å². The molecule has 1 heterocycles. The van der Waals surface area contributed by atoms with Crippen LogP contribution in [0.25, 0.3) is 82.8 Å². The lowest BCUT2D eigenvalue weighted by Gasteiger charge is -2.27. The van der Waals surface area contributed by atoms with Crippen LogP contribution in [0, 0.1) is 0 Å². The molecule has 0 fully saturated rings. The molecule has 350 valence electrons. The van der Waals surface area contributed by atoms with Crippen LogP contribution < -0.4 is 4.90 Å². The Morgan fingerprint density at radius 2 is 0.730 bits per heavy atom. The molecule has 0 spiro atoms. The minimum atomic E-state index is 0.804. The molecule has 13 aromatic rings. The molecule has 0 amide bonds. The zero-order chi connectivity index (χ0) is 49.2. The van der Waals surface area contributed by atoms with Crippen LogP contribution in [0.15, 0.2) is 291 Å². The fourth-order valence-electron chi connectivity index (χ4n) is 11.0.